The first-order chi connectivity index (χ1) is 9.38. The van der Waals surface area contributed by atoms with E-state index in [0.29, 0.717) is 13.0 Å². The normalized spacial score (nSPS) is 15.1. The van der Waals surface area contributed by atoms with E-state index < -0.39 is 11.7 Å². The Labute approximate surface area is 116 Å². The molecule has 114 valence electrons. The lowest BCUT2D eigenvalue weighted by molar-refractivity contribution is -0.137. The Kier molecular flexibility index (Phi) is 6.45. The van der Waals surface area contributed by atoms with Gasteiger partial charge >= 0.3 is 6.18 Å². The zero-order valence-electron chi connectivity index (χ0n) is 11.6. The summed E-state index contributed by atoms with van der Waals surface area (Å²) >= 11 is 0. The average Bonchev–Trinajstić information content (AvgIpc) is 2.38. The van der Waals surface area contributed by atoms with Gasteiger partial charge in [0.25, 0.3) is 0 Å². The third kappa shape index (κ3) is 5.11. The summed E-state index contributed by atoms with van der Waals surface area (Å²) in [5, 5.41) is 12.2. The van der Waals surface area contributed by atoms with Crippen LogP contribution in [-0.4, -0.2) is 31.5 Å². The Balaban J connectivity index is 2.69. The molecule has 0 aliphatic carbocycles. The molecule has 2 atom stereocenters. The van der Waals surface area contributed by atoms with E-state index in [1.54, 1.807) is 7.11 Å². The van der Waals surface area contributed by atoms with Gasteiger partial charge in [-0.05, 0) is 31.0 Å². The van der Waals surface area contributed by atoms with Crippen molar-refractivity contribution in [2.45, 2.75) is 31.6 Å². The number of hydrogen-bond acceptors (Lipinski definition) is 3. The molecule has 0 spiro atoms. The maximum atomic E-state index is 12.5. The minimum Gasteiger partial charge on any atom is -0.396 e. The fourth-order valence-corrected chi connectivity index (χ4v) is 1.98. The summed E-state index contributed by atoms with van der Waals surface area (Å²) in [4.78, 5) is 0. The maximum Gasteiger partial charge on any atom is 0.416 e. The van der Waals surface area contributed by atoms with Crippen molar-refractivity contribution in [1.29, 1.82) is 0 Å². The van der Waals surface area contributed by atoms with Crippen LogP contribution in [0.1, 0.15) is 30.5 Å². The average molecular weight is 291 g/mol. The van der Waals surface area contributed by atoms with Crippen molar-refractivity contribution in [1.82, 2.24) is 5.32 Å². The molecule has 0 radical (unpaired) electrons. The van der Waals surface area contributed by atoms with Crippen molar-refractivity contribution >= 4 is 0 Å². The van der Waals surface area contributed by atoms with Crippen LogP contribution in [0, 0.1) is 0 Å². The number of hydrogen-bond donors (Lipinski definition) is 2. The van der Waals surface area contributed by atoms with Gasteiger partial charge in [0.1, 0.15) is 0 Å². The lowest BCUT2D eigenvalue weighted by atomic mass is 10.0. The molecule has 0 aliphatic heterocycles. The summed E-state index contributed by atoms with van der Waals surface area (Å²) in [6.45, 7) is 2.33. The molecule has 0 aliphatic rings. The fraction of sp³-hybridized carbons (Fsp3) is 0.571. The highest BCUT2D eigenvalue weighted by molar-refractivity contribution is 5.26. The second kappa shape index (κ2) is 7.61. The Morgan fingerprint density at radius 1 is 1.25 bits per heavy atom. The smallest absolute Gasteiger partial charge is 0.396 e. The van der Waals surface area contributed by atoms with Crippen molar-refractivity contribution in [2.75, 3.05) is 20.3 Å². The van der Waals surface area contributed by atoms with Crippen LogP contribution < -0.4 is 5.32 Å². The summed E-state index contributed by atoms with van der Waals surface area (Å²) in [5.41, 5.74) is 0.106. The molecule has 1 rings (SSSR count). The summed E-state index contributed by atoms with van der Waals surface area (Å²) < 4.78 is 42.4. The Hall–Kier alpha value is -1.11. The van der Waals surface area contributed by atoms with E-state index in [1.165, 1.54) is 12.1 Å². The molecule has 0 saturated carbocycles. The number of alkyl halides is 3. The van der Waals surface area contributed by atoms with Crippen LogP contribution in [0.2, 0.25) is 0 Å². The largest absolute Gasteiger partial charge is 0.416 e. The minimum atomic E-state index is -4.31. The van der Waals surface area contributed by atoms with Crippen molar-refractivity contribution in [3.8, 4) is 0 Å². The molecule has 0 fully saturated rings. The second-order valence-corrected chi connectivity index (χ2v) is 4.67. The van der Waals surface area contributed by atoms with Gasteiger partial charge in [0.05, 0.1) is 12.2 Å². The molecule has 1 aromatic carbocycles. The fourth-order valence-electron chi connectivity index (χ4n) is 1.98. The van der Waals surface area contributed by atoms with Gasteiger partial charge in [0.2, 0.25) is 0 Å². The lowest BCUT2D eigenvalue weighted by Gasteiger charge is -2.22. The Morgan fingerprint density at radius 3 is 2.30 bits per heavy atom. The molecular formula is C14H20F3NO2. The summed E-state index contributed by atoms with van der Waals surface area (Å²) in [6.07, 6.45) is -3.79. The molecule has 2 unspecified atom stereocenters. The first-order valence-corrected chi connectivity index (χ1v) is 6.41. The number of ether oxygens (including phenoxy) is 1. The van der Waals surface area contributed by atoms with E-state index in [-0.39, 0.29) is 18.7 Å². The Morgan fingerprint density at radius 2 is 1.85 bits per heavy atom. The lowest BCUT2D eigenvalue weighted by Crippen LogP contribution is -2.36. The van der Waals surface area contributed by atoms with Crippen LogP contribution in [0.5, 0.6) is 0 Å². The van der Waals surface area contributed by atoms with Gasteiger partial charge < -0.3 is 15.2 Å². The van der Waals surface area contributed by atoms with Crippen LogP contribution in [0.4, 0.5) is 13.2 Å². The van der Waals surface area contributed by atoms with Crippen molar-refractivity contribution < 1.29 is 23.0 Å². The van der Waals surface area contributed by atoms with Gasteiger partial charge in [-0.3, -0.25) is 0 Å². The molecule has 0 heterocycles. The first kappa shape index (κ1) is 16.9. The number of aliphatic hydroxyl groups excluding tert-OH is 1. The topological polar surface area (TPSA) is 41.5 Å². The van der Waals surface area contributed by atoms with Crippen molar-refractivity contribution in [3.05, 3.63) is 35.4 Å². The van der Waals surface area contributed by atoms with Crippen molar-refractivity contribution in [2.24, 2.45) is 0 Å². The maximum absolute atomic E-state index is 12.5. The number of benzene rings is 1. The molecule has 20 heavy (non-hydrogen) atoms. The standard InChI is InChI=1S/C14H20F3NO2/c1-10(18-13(7-8-19)9-20-2)11-3-5-12(6-4-11)14(15,16)17/h3-6,10,13,18-19H,7-9H2,1-2H3. The molecule has 0 aromatic heterocycles. The number of halogens is 3. The minimum absolute atomic E-state index is 0.0285. The quantitative estimate of drug-likeness (QED) is 0.811. The van der Waals surface area contributed by atoms with Crippen LogP contribution in [0.25, 0.3) is 0 Å². The highest BCUT2D eigenvalue weighted by Gasteiger charge is 2.30. The van der Waals surface area contributed by atoms with Crippen LogP contribution in [0.15, 0.2) is 24.3 Å². The van der Waals surface area contributed by atoms with Gasteiger partial charge in [0, 0.05) is 25.8 Å². The highest BCUT2D eigenvalue weighted by Crippen LogP contribution is 2.29. The molecule has 2 N–H and O–H groups in total. The first-order valence-electron chi connectivity index (χ1n) is 6.41. The van der Waals surface area contributed by atoms with E-state index in [1.807, 2.05) is 6.92 Å². The molecule has 3 nitrogen and oxygen atoms in total. The second-order valence-electron chi connectivity index (χ2n) is 4.67. The molecule has 0 bridgehead atoms. The van der Waals surface area contributed by atoms with Gasteiger partial charge in [-0.15, -0.1) is 0 Å². The monoisotopic (exact) mass is 291 g/mol. The van der Waals surface area contributed by atoms with E-state index in [2.05, 4.69) is 5.32 Å². The SMILES string of the molecule is COCC(CCO)NC(C)c1ccc(C(F)(F)F)cc1. The predicted octanol–water partition coefficient (Wildman–Crippen LogP) is 2.75. The third-order valence-electron chi connectivity index (χ3n) is 3.07. The van der Waals surface area contributed by atoms with Gasteiger partial charge in [-0.1, -0.05) is 12.1 Å². The number of nitrogens with one attached hydrogen (secondary N) is 1. The van der Waals surface area contributed by atoms with E-state index in [4.69, 9.17) is 9.84 Å². The molecule has 0 amide bonds. The highest BCUT2D eigenvalue weighted by atomic mass is 19.4. The third-order valence-corrected chi connectivity index (χ3v) is 3.07. The van der Waals surface area contributed by atoms with Gasteiger partial charge in [0.15, 0.2) is 0 Å². The summed E-state index contributed by atoms with van der Waals surface area (Å²) in [7, 11) is 1.56. The summed E-state index contributed by atoms with van der Waals surface area (Å²) in [5.74, 6) is 0. The molecular weight excluding hydrogens is 271 g/mol. The van der Waals surface area contributed by atoms with Crippen molar-refractivity contribution in [3.63, 3.8) is 0 Å². The zero-order chi connectivity index (χ0) is 15.2. The van der Waals surface area contributed by atoms with Crippen LogP contribution >= 0.6 is 0 Å². The zero-order valence-corrected chi connectivity index (χ0v) is 11.6. The number of aliphatic hydroxyl groups is 1. The Bertz CT molecular complexity index is 386. The van der Waals surface area contributed by atoms with E-state index in [0.717, 1.165) is 17.7 Å². The molecule has 0 saturated heterocycles. The van der Waals surface area contributed by atoms with Crippen LogP contribution in [0.3, 0.4) is 0 Å². The van der Waals surface area contributed by atoms with Gasteiger partial charge in [-0.25, -0.2) is 0 Å². The van der Waals surface area contributed by atoms with Gasteiger partial charge in [-0.2, -0.15) is 13.2 Å². The van der Waals surface area contributed by atoms with E-state index in [9.17, 15) is 13.2 Å². The predicted molar refractivity (Wildman–Crippen MR) is 70.4 cm³/mol. The van der Waals surface area contributed by atoms with E-state index >= 15 is 0 Å². The molecule has 1 aromatic rings. The number of methoxy groups -OCH3 is 1. The number of rotatable bonds is 7. The molecule has 6 heteroatoms. The van der Waals surface area contributed by atoms with Crippen LogP contribution in [-0.2, 0) is 10.9 Å². The summed E-state index contributed by atoms with van der Waals surface area (Å²) in [6, 6.07) is 4.91.